The Kier molecular flexibility index (Phi) is 5.61. The molecule has 0 aromatic carbocycles. The highest BCUT2D eigenvalue weighted by Crippen LogP contribution is 2.37. The Balaban J connectivity index is 2.04. The predicted octanol–water partition coefficient (Wildman–Crippen LogP) is 3.35. The fourth-order valence-corrected chi connectivity index (χ4v) is 3.90. The topological polar surface area (TPSA) is 38.3 Å². The molecule has 2 rings (SSSR count). The van der Waals surface area contributed by atoms with E-state index >= 15 is 0 Å². The van der Waals surface area contributed by atoms with E-state index in [0.717, 1.165) is 45.4 Å². The van der Waals surface area contributed by atoms with Gasteiger partial charge in [-0.25, -0.2) is 0 Å². The van der Waals surface area contributed by atoms with Crippen molar-refractivity contribution in [3.63, 3.8) is 0 Å². The Morgan fingerprint density at radius 2 is 2.10 bits per heavy atom. The van der Waals surface area contributed by atoms with Crippen LogP contribution in [-0.2, 0) is 14.9 Å². The molecular formula is C16H25NO2S. The number of hydrogen-bond donors (Lipinski definition) is 1. The number of rotatable bonds is 6. The first kappa shape index (κ1) is 15.5. The van der Waals surface area contributed by atoms with Gasteiger partial charge < -0.3 is 10.1 Å². The number of thiophene rings is 1. The average Bonchev–Trinajstić information content (AvgIpc) is 3.02. The number of carbonyl (C=O) groups is 1. The molecule has 0 atom stereocenters. The Bertz CT molecular complexity index is 406. The number of amides is 1. The molecule has 112 valence electrons. The van der Waals surface area contributed by atoms with Crippen LogP contribution in [0.4, 0.5) is 0 Å². The van der Waals surface area contributed by atoms with Crippen LogP contribution in [0.1, 0.15) is 44.4 Å². The molecule has 1 aromatic heterocycles. The van der Waals surface area contributed by atoms with Crippen molar-refractivity contribution in [2.24, 2.45) is 5.92 Å². The van der Waals surface area contributed by atoms with E-state index in [9.17, 15) is 4.79 Å². The van der Waals surface area contributed by atoms with Crippen molar-refractivity contribution in [2.45, 2.75) is 44.9 Å². The summed E-state index contributed by atoms with van der Waals surface area (Å²) >= 11 is 1.79. The Hall–Kier alpha value is -0.870. The van der Waals surface area contributed by atoms with E-state index in [1.165, 1.54) is 4.88 Å². The van der Waals surface area contributed by atoms with Crippen LogP contribution < -0.4 is 5.32 Å². The molecule has 0 aliphatic carbocycles. The molecule has 1 aromatic rings. The largest absolute Gasteiger partial charge is 0.381 e. The SMILES string of the molecule is CCC(CC)C(=O)NCC1(c2cccs2)CCOCC1. The maximum Gasteiger partial charge on any atom is 0.223 e. The molecule has 0 spiro atoms. The normalized spacial score (nSPS) is 18.1. The van der Waals surface area contributed by atoms with Crippen LogP contribution in [0.2, 0.25) is 0 Å². The fourth-order valence-electron chi connectivity index (χ4n) is 2.91. The van der Waals surface area contributed by atoms with Gasteiger partial charge in [-0.15, -0.1) is 11.3 Å². The van der Waals surface area contributed by atoms with Crippen LogP contribution in [0.15, 0.2) is 17.5 Å². The van der Waals surface area contributed by atoms with E-state index < -0.39 is 0 Å². The molecule has 1 saturated heterocycles. The summed E-state index contributed by atoms with van der Waals surface area (Å²) in [6.07, 6.45) is 3.82. The van der Waals surface area contributed by atoms with Crippen LogP contribution >= 0.6 is 11.3 Å². The van der Waals surface area contributed by atoms with E-state index in [1.807, 2.05) is 0 Å². The van der Waals surface area contributed by atoms with Gasteiger partial charge in [-0.05, 0) is 37.1 Å². The second-order valence-corrected chi connectivity index (χ2v) is 6.55. The third kappa shape index (κ3) is 3.41. The number of carbonyl (C=O) groups excluding carboxylic acids is 1. The minimum atomic E-state index is 0.0775. The van der Waals surface area contributed by atoms with Crippen molar-refractivity contribution in [3.05, 3.63) is 22.4 Å². The van der Waals surface area contributed by atoms with Crippen molar-refractivity contribution in [1.82, 2.24) is 5.32 Å². The lowest BCUT2D eigenvalue weighted by molar-refractivity contribution is -0.125. The molecule has 1 aliphatic heterocycles. The van der Waals surface area contributed by atoms with Crippen LogP contribution in [0.3, 0.4) is 0 Å². The second-order valence-electron chi connectivity index (χ2n) is 5.60. The fraction of sp³-hybridized carbons (Fsp3) is 0.688. The average molecular weight is 295 g/mol. The van der Waals surface area contributed by atoms with E-state index in [0.29, 0.717) is 0 Å². The minimum Gasteiger partial charge on any atom is -0.381 e. The molecule has 0 unspecified atom stereocenters. The second kappa shape index (κ2) is 7.23. The van der Waals surface area contributed by atoms with Gasteiger partial charge in [0.2, 0.25) is 5.91 Å². The Labute approximate surface area is 125 Å². The lowest BCUT2D eigenvalue weighted by Crippen LogP contribution is -2.45. The van der Waals surface area contributed by atoms with Crippen LogP contribution in [0, 0.1) is 5.92 Å². The van der Waals surface area contributed by atoms with Gasteiger partial charge in [0.05, 0.1) is 0 Å². The van der Waals surface area contributed by atoms with Gasteiger partial charge in [0, 0.05) is 36.0 Å². The molecule has 4 heteroatoms. The third-order valence-electron chi connectivity index (χ3n) is 4.45. The molecule has 1 N–H and O–H groups in total. The van der Waals surface area contributed by atoms with Crippen LogP contribution in [0.5, 0.6) is 0 Å². The van der Waals surface area contributed by atoms with Gasteiger partial charge in [-0.1, -0.05) is 19.9 Å². The van der Waals surface area contributed by atoms with Crippen molar-refractivity contribution in [1.29, 1.82) is 0 Å². The first-order chi connectivity index (χ1) is 9.72. The quantitative estimate of drug-likeness (QED) is 0.874. The van der Waals surface area contributed by atoms with Crippen molar-refractivity contribution >= 4 is 17.2 Å². The Morgan fingerprint density at radius 3 is 2.65 bits per heavy atom. The maximum atomic E-state index is 12.2. The highest BCUT2D eigenvalue weighted by molar-refractivity contribution is 7.10. The molecule has 1 fully saturated rings. The molecule has 1 amide bonds. The summed E-state index contributed by atoms with van der Waals surface area (Å²) in [6.45, 7) is 6.48. The summed E-state index contributed by atoms with van der Waals surface area (Å²) in [6, 6.07) is 4.29. The lowest BCUT2D eigenvalue weighted by atomic mass is 9.78. The van der Waals surface area contributed by atoms with Gasteiger partial charge in [0.15, 0.2) is 0 Å². The highest BCUT2D eigenvalue weighted by atomic mass is 32.1. The molecule has 3 nitrogen and oxygen atoms in total. The maximum absolute atomic E-state index is 12.2. The van der Waals surface area contributed by atoms with Crippen LogP contribution in [-0.4, -0.2) is 25.7 Å². The van der Waals surface area contributed by atoms with Gasteiger partial charge in [-0.2, -0.15) is 0 Å². The first-order valence-electron chi connectivity index (χ1n) is 7.61. The van der Waals surface area contributed by atoms with Gasteiger partial charge in [0.1, 0.15) is 0 Å². The van der Waals surface area contributed by atoms with E-state index in [-0.39, 0.29) is 17.2 Å². The van der Waals surface area contributed by atoms with E-state index in [1.54, 1.807) is 11.3 Å². The van der Waals surface area contributed by atoms with Crippen molar-refractivity contribution in [2.75, 3.05) is 19.8 Å². The van der Waals surface area contributed by atoms with Gasteiger partial charge >= 0.3 is 0 Å². The summed E-state index contributed by atoms with van der Waals surface area (Å²) < 4.78 is 5.51. The van der Waals surface area contributed by atoms with Crippen molar-refractivity contribution < 1.29 is 9.53 Å². The summed E-state index contributed by atoms with van der Waals surface area (Å²) in [5, 5.41) is 5.32. The van der Waals surface area contributed by atoms with E-state index in [4.69, 9.17) is 4.74 Å². The zero-order valence-corrected chi connectivity index (χ0v) is 13.3. The minimum absolute atomic E-state index is 0.0775. The molecule has 1 aliphatic rings. The number of nitrogens with one attached hydrogen (secondary N) is 1. The van der Waals surface area contributed by atoms with Gasteiger partial charge in [0.25, 0.3) is 0 Å². The number of ether oxygens (including phenoxy) is 1. The zero-order chi connectivity index (χ0) is 14.4. The summed E-state index contributed by atoms with van der Waals surface area (Å²) in [4.78, 5) is 13.6. The molecule has 2 heterocycles. The smallest absolute Gasteiger partial charge is 0.223 e. The monoisotopic (exact) mass is 295 g/mol. The third-order valence-corrected chi connectivity index (χ3v) is 5.57. The standard InChI is InChI=1S/C16H25NO2S/c1-3-13(4-2)15(18)17-12-16(7-9-19-10-8-16)14-6-5-11-20-14/h5-6,11,13H,3-4,7-10,12H2,1-2H3,(H,17,18). The summed E-state index contributed by atoms with van der Waals surface area (Å²) in [5.74, 6) is 0.354. The molecular weight excluding hydrogens is 270 g/mol. The Morgan fingerprint density at radius 1 is 1.40 bits per heavy atom. The number of hydrogen-bond acceptors (Lipinski definition) is 3. The highest BCUT2D eigenvalue weighted by Gasteiger charge is 2.36. The lowest BCUT2D eigenvalue weighted by Gasteiger charge is -2.37. The molecule has 20 heavy (non-hydrogen) atoms. The van der Waals surface area contributed by atoms with Crippen molar-refractivity contribution in [3.8, 4) is 0 Å². The molecule has 0 bridgehead atoms. The summed E-state index contributed by atoms with van der Waals surface area (Å²) in [7, 11) is 0. The van der Waals surface area contributed by atoms with Crippen LogP contribution in [0.25, 0.3) is 0 Å². The van der Waals surface area contributed by atoms with Gasteiger partial charge in [-0.3, -0.25) is 4.79 Å². The first-order valence-corrected chi connectivity index (χ1v) is 8.49. The van der Waals surface area contributed by atoms with E-state index in [2.05, 4.69) is 36.7 Å². The molecule has 0 radical (unpaired) electrons. The zero-order valence-electron chi connectivity index (χ0n) is 12.5. The molecule has 0 saturated carbocycles. The predicted molar refractivity (Wildman–Crippen MR) is 83.1 cm³/mol. The summed E-state index contributed by atoms with van der Waals surface area (Å²) in [5.41, 5.74) is 0.0775.